The van der Waals surface area contributed by atoms with Crippen molar-refractivity contribution in [3.63, 3.8) is 0 Å². The van der Waals surface area contributed by atoms with Crippen molar-refractivity contribution in [1.82, 2.24) is 14.8 Å². The summed E-state index contributed by atoms with van der Waals surface area (Å²) in [5.41, 5.74) is 2.10. The van der Waals surface area contributed by atoms with Crippen LogP contribution < -0.4 is 4.74 Å². The number of carbonyl (C=O) groups is 1. The molecule has 0 N–H and O–H groups in total. The zero-order valence-corrected chi connectivity index (χ0v) is 16.7. The quantitative estimate of drug-likeness (QED) is 0.425. The van der Waals surface area contributed by atoms with Crippen LogP contribution in [0.5, 0.6) is 5.88 Å². The van der Waals surface area contributed by atoms with Crippen molar-refractivity contribution in [2.24, 2.45) is 7.05 Å². The molecule has 0 radical (unpaired) electrons. The normalized spacial score (nSPS) is 11.1. The minimum absolute atomic E-state index is 0.225. The Hall–Kier alpha value is -2.41. The maximum Gasteiger partial charge on any atom is 0.244 e. The van der Waals surface area contributed by atoms with Gasteiger partial charge >= 0.3 is 0 Å². The maximum absolute atomic E-state index is 13.3. The van der Waals surface area contributed by atoms with Gasteiger partial charge in [0.15, 0.2) is 0 Å². The van der Waals surface area contributed by atoms with Crippen molar-refractivity contribution >= 4 is 50.5 Å². The van der Waals surface area contributed by atoms with Gasteiger partial charge in [0, 0.05) is 17.6 Å². The molecular formula is C19H13Cl2N3O2S. The summed E-state index contributed by atoms with van der Waals surface area (Å²) in [5, 5.41) is 5.76. The van der Waals surface area contributed by atoms with Crippen molar-refractivity contribution in [3.05, 3.63) is 63.6 Å². The lowest BCUT2D eigenvalue weighted by Gasteiger charge is -2.06. The van der Waals surface area contributed by atoms with Gasteiger partial charge < -0.3 is 4.74 Å². The summed E-state index contributed by atoms with van der Waals surface area (Å²) in [6.45, 7) is 0. The van der Waals surface area contributed by atoms with Crippen LogP contribution in [0.1, 0.15) is 15.9 Å². The van der Waals surface area contributed by atoms with Gasteiger partial charge in [-0.25, -0.2) is 4.98 Å². The fourth-order valence-corrected chi connectivity index (χ4v) is 4.42. The number of halogens is 2. The van der Waals surface area contributed by atoms with Gasteiger partial charge in [-0.15, -0.1) is 16.4 Å². The average molecular weight is 418 g/mol. The molecule has 0 unspecified atom stereocenters. The van der Waals surface area contributed by atoms with Crippen LogP contribution in [0.3, 0.4) is 0 Å². The van der Waals surface area contributed by atoms with E-state index in [4.69, 9.17) is 27.9 Å². The van der Waals surface area contributed by atoms with Crippen molar-refractivity contribution in [1.29, 1.82) is 0 Å². The topological polar surface area (TPSA) is 57.0 Å². The monoisotopic (exact) mass is 417 g/mol. The molecule has 8 heteroatoms. The van der Waals surface area contributed by atoms with Crippen LogP contribution in [0.2, 0.25) is 10.0 Å². The largest absolute Gasteiger partial charge is 0.479 e. The maximum atomic E-state index is 13.3. The number of thiazole rings is 1. The highest BCUT2D eigenvalue weighted by molar-refractivity contribution is 7.21. The molecule has 0 atom stereocenters. The van der Waals surface area contributed by atoms with E-state index in [0.29, 0.717) is 26.9 Å². The molecule has 0 saturated carbocycles. The molecule has 4 aromatic rings. The molecule has 0 amide bonds. The van der Waals surface area contributed by atoms with E-state index in [1.165, 1.54) is 24.5 Å². The number of benzene rings is 2. The van der Waals surface area contributed by atoms with Gasteiger partial charge in [0.2, 0.25) is 11.7 Å². The second-order valence-electron chi connectivity index (χ2n) is 5.80. The third-order valence-electron chi connectivity index (χ3n) is 4.11. The molecule has 0 bridgehead atoms. The lowest BCUT2D eigenvalue weighted by atomic mass is 10.0. The minimum atomic E-state index is -0.295. The molecule has 0 aliphatic carbocycles. The molecule has 2 aromatic heterocycles. The Balaban J connectivity index is 1.93. The number of rotatable bonds is 4. The Kier molecular flexibility index (Phi) is 4.63. The summed E-state index contributed by atoms with van der Waals surface area (Å²) < 4.78 is 7.99. The third-order valence-corrected chi connectivity index (χ3v) is 5.70. The Morgan fingerprint density at radius 3 is 2.67 bits per heavy atom. The molecule has 0 saturated heterocycles. The summed E-state index contributed by atoms with van der Waals surface area (Å²) in [5.74, 6) is -0.0707. The Morgan fingerprint density at radius 1 is 1.19 bits per heavy atom. The van der Waals surface area contributed by atoms with Gasteiger partial charge in [-0.3, -0.25) is 9.48 Å². The summed E-state index contributed by atoms with van der Waals surface area (Å²) >= 11 is 13.7. The SMILES string of the molecule is COc1nn(C)c(-c2nc3ccccc3s2)c1C(=O)c1ccc(Cl)cc1Cl. The number of ketones is 1. The molecule has 0 spiro atoms. The van der Waals surface area contributed by atoms with E-state index in [9.17, 15) is 4.79 Å². The van der Waals surface area contributed by atoms with Crippen molar-refractivity contribution in [3.8, 4) is 16.6 Å². The van der Waals surface area contributed by atoms with Crippen LogP contribution >= 0.6 is 34.5 Å². The van der Waals surface area contributed by atoms with E-state index < -0.39 is 0 Å². The number of aromatic nitrogens is 3. The predicted molar refractivity (Wildman–Crippen MR) is 108 cm³/mol. The highest BCUT2D eigenvalue weighted by atomic mass is 35.5. The first-order valence-electron chi connectivity index (χ1n) is 7.96. The van der Waals surface area contributed by atoms with Crippen LogP contribution in [-0.2, 0) is 7.05 Å². The van der Waals surface area contributed by atoms with E-state index in [0.717, 1.165) is 10.2 Å². The highest BCUT2D eigenvalue weighted by Crippen LogP contribution is 2.37. The molecule has 5 nitrogen and oxygen atoms in total. The number of nitrogens with zero attached hydrogens (tertiary/aromatic N) is 3. The van der Waals surface area contributed by atoms with Crippen LogP contribution in [0.25, 0.3) is 20.9 Å². The highest BCUT2D eigenvalue weighted by Gasteiger charge is 2.28. The molecule has 4 rings (SSSR count). The number of methoxy groups -OCH3 is 1. The summed E-state index contributed by atoms with van der Waals surface area (Å²) in [7, 11) is 3.23. The standard InChI is InChI=1S/C19H13Cl2N3O2S/c1-24-16(19-22-13-5-3-4-6-14(13)27-19)15(18(23-24)26-2)17(25)11-8-7-10(20)9-12(11)21/h3-9H,1-2H3. The third kappa shape index (κ3) is 3.10. The molecule has 0 aliphatic heterocycles. The van der Waals surface area contributed by atoms with E-state index in [2.05, 4.69) is 10.1 Å². The summed E-state index contributed by atoms with van der Waals surface area (Å²) in [6.07, 6.45) is 0. The zero-order chi connectivity index (χ0) is 19.1. The van der Waals surface area contributed by atoms with Crippen LogP contribution in [0.4, 0.5) is 0 Å². The Morgan fingerprint density at radius 2 is 1.96 bits per heavy atom. The lowest BCUT2D eigenvalue weighted by molar-refractivity contribution is 0.103. The molecular weight excluding hydrogens is 405 g/mol. The second-order valence-corrected chi connectivity index (χ2v) is 7.67. The number of para-hydroxylation sites is 1. The van der Waals surface area contributed by atoms with Gasteiger partial charge in [-0.05, 0) is 30.3 Å². The van der Waals surface area contributed by atoms with Crippen molar-refractivity contribution in [2.45, 2.75) is 0 Å². The first-order valence-corrected chi connectivity index (χ1v) is 9.53. The molecule has 2 aromatic carbocycles. The van der Waals surface area contributed by atoms with E-state index in [1.54, 1.807) is 23.9 Å². The average Bonchev–Trinajstić information content (AvgIpc) is 3.21. The predicted octanol–water partition coefficient (Wildman–Crippen LogP) is 5.24. The molecule has 2 heterocycles. The number of hydrogen-bond acceptors (Lipinski definition) is 5. The molecule has 0 fully saturated rings. The summed E-state index contributed by atoms with van der Waals surface area (Å²) in [4.78, 5) is 18.0. The van der Waals surface area contributed by atoms with Crippen LogP contribution in [-0.4, -0.2) is 27.7 Å². The van der Waals surface area contributed by atoms with Crippen LogP contribution in [0.15, 0.2) is 42.5 Å². The van der Waals surface area contributed by atoms with E-state index >= 15 is 0 Å². The first-order chi connectivity index (χ1) is 13.0. The van der Waals surface area contributed by atoms with Gasteiger partial charge in [0.1, 0.15) is 16.3 Å². The zero-order valence-electron chi connectivity index (χ0n) is 14.4. The smallest absolute Gasteiger partial charge is 0.244 e. The fourth-order valence-electron chi connectivity index (χ4n) is 2.87. The van der Waals surface area contributed by atoms with E-state index in [1.807, 2.05) is 24.3 Å². The van der Waals surface area contributed by atoms with Gasteiger partial charge in [-0.1, -0.05) is 35.3 Å². The Labute approximate surface area is 169 Å². The van der Waals surface area contributed by atoms with Gasteiger partial charge in [0.25, 0.3) is 0 Å². The number of hydrogen-bond donors (Lipinski definition) is 0. The number of fused-ring (bicyclic) bond motifs is 1. The van der Waals surface area contributed by atoms with E-state index in [-0.39, 0.29) is 16.7 Å². The van der Waals surface area contributed by atoms with Gasteiger partial charge in [-0.2, -0.15) is 0 Å². The Bertz CT molecular complexity index is 1150. The number of aryl methyl sites for hydroxylation is 1. The lowest BCUT2D eigenvalue weighted by Crippen LogP contribution is -2.06. The van der Waals surface area contributed by atoms with Gasteiger partial charge in [0.05, 0.1) is 22.3 Å². The molecule has 136 valence electrons. The number of ether oxygens (including phenoxy) is 1. The number of carbonyl (C=O) groups excluding carboxylic acids is 1. The van der Waals surface area contributed by atoms with Crippen molar-refractivity contribution < 1.29 is 9.53 Å². The summed E-state index contributed by atoms with van der Waals surface area (Å²) in [6, 6.07) is 12.6. The minimum Gasteiger partial charge on any atom is -0.479 e. The van der Waals surface area contributed by atoms with Crippen LogP contribution in [0, 0.1) is 0 Å². The second kappa shape index (κ2) is 6.96. The first kappa shape index (κ1) is 18.0. The fraction of sp³-hybridized carbons (Fsp3) is 0.105. The molecule has 0 aliphatic rings. The molecule has 27 heavy (non-hydrogen) atoms. The van der Waals surface area contributed by atoms with Crippen molar-refractivity contribution in [2.75, 3.05) is 7.11 Å².